The molecule has 3 nitrogen and oxygen atoms in total. The number of aryl methyl sites for hydroxylation is 1. The summed E-state index contributed by atoms with van der Waals surface area (Å²) >= 11 is 0. The number of amides is 1. The lowest BCUT2D eigenvalue weighted by molar-refractivity contribution is 0.0954. The third-order valence-corrected chi connectivity index (χ3v) is 2.29. The van der Waals surface area contributed by atoms with Crippen LogP contribution < -0.4 is 10.6 Å². The Kier molecular flexibility index (Phi) is 5.84. The summed E-state index contributed by atoms with van der Waals surface area (Å²) in [6.07, 6.45) is 0. The maximum Gasteiger partial charge on any atom is 0.251 e. The van der Waals surface area contributed by atoms with Gasteiger partial charge in [-0.1, -0.05) is 23.6 Å². The quantitative estimate of drug-likeness (QED) is 0.592. The standard InChI is InChI=1S/C14H18N2O/c1-3-4-9-15-10-11-16-14(17)13-7-5-12(2)6-8-13/h5-8,15H,9-11H2,1-2H3,(H,16,17). The van der Waals surface area contributed by atoms with Crippen LogP contribution in [0.25, 0.3) is 0 Å². The third kappa shape index (κ3) is 5.19. The van der Waals surface area contributed by atoms with Crippen molar-refractivity contribution in [3.63, 3.8) is 0 Å². The van der Waals surface area contributed by atoms with Gasteiger partial charge in [0.15, 0.2) is 0 Å². The first kappa shape index (κ1) is 13.3. The van der Waals surface area contributed by atoms with E-state index in [1.807, 2.05) is 31.2 Å². The first-order valence-electron chi connectivity index (χ1n) is 5.69. The van der Waals surface area contributed by atoms with Gasteiger partial charge >= 0.3 is 0 Å². The average Bonchev–Trinajstić information content (AvgIpc) is 2.34. The van der Waals surface area contributed by atoms with Gasteiger partial charge in [0.2, 0.25) is 0 Å². The molecule has 1 amide bonds. The normalized spacial score (nSPS) is 9.29. The average molecular weight is 230 g/mol. The molecule has 0 aliphatic heterocycles. The number of hydrogen-bond donors (Lipinski definition) is 2. The fourth-order valence-corrected chi connectivity index (χ4v) is 1.31. The van der Waals surface area contributed by atoms with Crippen LogP contribution in [0.2, 0.25) is 0 Å². The second-order valence-electron chi connectivity index (χ2n) is 3.73. The van der Waals surface area contributed by atoms with Crippen LogP contribution in [0.5, 0.6) is 0 Å². The predicted octanol–water partition coefficient (Wildman–Crippen LogP) is 1.34. The van der Waals surface area contributed by atoms with Crippen LogP contribution in [-0.2, 0) is 0 Å². The van der Waals surface area contributed by atoms with Gasteiger partial charge in [-0.15, -0.1) is 5.92 Å². The molecule has 0 saturated carbocycles. The second kappa shape index (κ2) is 7.48. The molecule has 1 aromatic rings. The molecule has 0 aliphatic carbocycles. The number of rotatable bonds is 5. The molecule has 0 aliphatic rings. The molecule has 3 heteroatoms. The zero-order valence-electron chi connectivity index (χ0n) is 10.3. The van der Waals surface area contributed by atoms with E-state index in [1.165, 1.54) is 0 Å². The highest BCUT2D eigenvalue weighted by Gasteiger charge is 2.02. The lowest BCUT2D eigenvalue weighted by atomic mass is 10.1. The Labute approximate surface area is 103 Å². The van der Waals surface area contributed by atoms with Crippen LogP contribution >= 0.6 is 0 Å². The summed E-state index contributed by atoms with van der Waals surface area (Å²) in [6.45, 7) is 5.81. The number of nitrogens with one attached hydrogen (secondary N) is 2. The van der Waals surface area contributed by atoms with Gasteiger partial charge in [-0.25, -0.2) is 0 Å². The van der Waals surface area contributed by atoms with Gasteiger partial charge in [0.05, 0.1) is 6.54 Å². The zero-order valence-corrected chi connectivity index (χ0v) is 10.3. The molecule has 1 rings (SSSR count). The summed E-state index contributed by atoms with van der Waals surface area (Å²) in [5.74, 6) is 5.67. The molecule has 17 heavy (non-hydrogen) atoms. The molecule has 0 heterocycles. The zero-order chi connectivity index (χ0) is 12.5. The monoisotopic (exact) mass is 230 g/mol. The van der Waals surface area contributed by atoms with Gasteiger partial charge in [0.1, 0.15) is 0 Å². The fourth-order valence-electron chi connectivity index (χ4n) is 1.31. The third-order valence-electron chi connectivity index (χ3n) is 2.29. The first-order valence-corrected chi connectivity index (χ1v) is 5.69. The highest BCUT2D eigenvalue weighted by Crippen LogP contribution is 2.02. The minimum Gasteiger partial charge on any atom is -0.351 e. The number of hydrogen-bond acceptors (Lipinski definition) is 2. The Bertz CT molecular complexity index is 412. The maximum atomic E-state index is 11.7. The Hall–Kier alpha value is -1.79. The summed E-state index contributed by atoms with van der Waals surface area (Å²) in [6, 6.07) is 7.54. The van der Waals surface area contributed by atoms with Crippen molar-refractivity contribution in [3.8, 4) is 11.8 Å². The largest absolute Gasteiger partial charge is 0.351 e. The number of carbonyl (C=O) groups is 1. The topological polar surface area (TPSA) is 41.1 Å². The highest BCUT2D eigenvalue weighted by atomic mass is 16.1. The van der Waals surface area contributed by atoms with Crippen molar-refractivity contribution in [2.45, 2.75) is 13.8 Å². The van der Waals surface area contributed by atoms with Crippen LogP contribution in [-0.4, -0.2) is 25.5 Å². The van der Waals surface area contributed by atoms with E-state index < -0.39 is 0 Å². The fraction of sp³-hybridized carbons (Fsp3) is 0.357. The molecule has 0 spiro atoms. The van der Waals surface area contributed by atoms with Gasteiger partial charge in [0.25, 0.3) is 5.91 Å². The van der Waals surface area contributed by atoms with Crippen molar-refractivity contribution in [2.24, 2.45) is 0 Å². The molecule has 0 saturated heterocycles. The van der Waals surface area contributed by atoms with E-state index in [1.54, 1.807) is 6.92 Å². The smallest absolute Gasteiger partial charge is 0.251 e. The van der Waals surface area contributed by atoms with Crippen molar-refractivity contribution >= 4 is 5.91 Å². The van der Waals surface area contributed by atoms with Crippen molar-refractivity contribution < 1.29 is 4.79 Å². The predicted molar refractivity (Wildman–Crippen MR) is 69.8 cm³/mol. The molecule has 0 fully saturated rings. The van der Waals surface area contributed by atoms with Crippen LogP contribution in [0, 0.1) is 18.8 Å². The van der Waals surface area contributed by atoms with Gasteiger partial charge in [-0.3, -0.25) is 4.79 Å². The molecule has 2 N–H and O–H groups in total. The summed E-state index contributed by atoms with van der Waals surface area (Å²) in [5, 5.41) is 5.96. The molecule has 0 unspecified atom stereocenters. The minimum atomic E-state index is -0.0339. The molecule has 90 valence electrons. The van der Waals surface area contributed by atoms with Gasteiger partial charge in [0, 0.05) is 18.7 Å². The number of carbonyl (C=O) groups excluding carboxylic acids is 1. The molecule has 0 radical (unpaired) electrons. The summed E-state index contributed by atoms with van der Waals surface area (Å²) in [5.41, 5.74) is 1.85. The van der Waals surface area contributed by atoms with Gasteiger partial charge in [-0.2, -0.15) is 0 Å². The molecular weight excluding hydrogens is 212 g/mol. The summed E-state index contributed by atoms with van der Waals surface area (Å²) < 4.78 is 0. The van der Waals surface area contributed by atoms with E-state index in [4.69, 9.17) is 0 Å². The maximum absolute atomic E-state index is 11.7. The molecule has 0 bridgehead atoms. The van der Waals surface area contributed by atoms with Gasteiger partial charge in [-0.05, 0) is 26.0 Å². The van der Waals surface area contributed by atoms with E-state index in [-0.39, 0.29) is 5.91 Å². The lowest BCUT2D eigenvalue weighted by Gasteiger charge is -2.05. The van der Waals surface area contributed by atoms with Crippen LogP contribution in [0.4, 0.5) is 0 Å². The van der Waals surface area contributed by atoms with E-state index in [0.29, 0.717) is 18.7 Å². The van der Waals surface area contributed by atoms with Crippen molar-refractivity contribution in [2.75, 3.05) is 19.6 Å². The van der Waals surface area contributed by atoms with Crippen LogP contribution in [0.3, 0.4) is 0 Å². The van der Waals surface area contributed by atoms with E-state index in [9.17, 15) is 4.79 Å². The van der Waals surface area contributed by atoms with E-state index in [0.717, 1.165) is 12.1 Å². The van der Waals surface area contributed by atoms with E-state index >= 15 is 0 Å². The Morgan fingerprint density at radius 2 is 1.94 bits per heavy atom. The number of benzene rings is 1. The lowest BCUT2D eigenvalue weighted by Crippen LogP contribution is -2.31. The molecule has 0 atom stereocenters. The Morgan fingerprint density at radius 3 is 2.59 bits per heavy atom. The van der Waals surface area contributed by atoms with Crippen LogP contribution in [0.15, 0.2) is 24.3 Å². The SMILES string of the molecule is CC#CCNCCNC(=O)c1ccc(C)cc1. The van der Waals surface area contributed by atoms with Gasteiger partial charge < -0.3 is 10.6 Å². The van der Waals surface area contributed by atoms with Crippen molar-refractivity contribution in [1.29, 1.82) is 0 Å². The first-order chi connectivity index (χ1) is 8.24. The highest BCUT2D eigenvalue weighted by molar-refractivity contribution is 5.94. The molecular formula is C14H18N2O. The second-order valence-corrected chi connectivity index (χ2v) is 3.73. The Morgan fingerprint density at radius 1 is 1.24 bits per heavy atom. The molecule has 1 aromatic carbocycles. The summed E-state index contributed by atoms with van der Waals surface area (Å²) in [7, 11) is 0. The van der Waals surface area contributed by atoms with Crippen molar-refractivity contribution in [3.05, 3.63) is 35.4 Å². The molecule has 0 aromatic heterocycles. The minimum absolute atomic E-state index is 0.0339. The van der Waals surface area contributed by atoms with E-state index in [2.05, 4.69) is 22.5 Å². The van der Waals surface area contributed by atoms with Crippen molar-refractivity contribution in [1.82, 2.24) is 10.6 Å². The summed E-state index contributed by atoms with van der Waals surface area (Å²) in [4.78, 5) is 11.7. The Balaban J connectivity index is 2.25. The van der Waals surface area contributed by atoms with Crippen LogP contribution in [0.1, 0.15) is 22.8 Å².